The van der Waals surface area contributed by atoms with Gasteiger partial charge >= 0.3 is 0 Å². The van der Waals surface area contributed by atoms with Crippen molar-refractivity contribution in [3.8, 4) is 0 Å². The van der Waals surface area contributed by atoms with Crippen LogP contribution in [0.25, 0.3) is 0 Å². The number of H-pyrrole nitrogens is 1. The first-order valence-corrected chi connectivity index (χ1v) is 9.84. The number of anilines is 1. The summed E-state index contributed by atoms with van der Waals surface area (Å²) in [6.45, 7) is 0. The number of rotatable bonds is 4. The Morgan fingerprint density at radius 3 is 2.75 bits per heavy atom. The fourth-order valence-corrected chi connectivity index (χ4v) is 4.60. The normalized spacial score (nSPS) is 18.0. The van der Waals surface area contributed by atoms with Gasteiger partial charge < -0.3 is 4.98 Å². The Morgan fingerprint density at radius 2 is 2.00 bits per heavy atom. The van der Waals surface area contributed by atoms with Crippen LogP contribution in [0.4, 0.5) is 5.69 Å². The third kappa shape index (κ3) is 2.64. The number of nitrogens with zero attached hydrogens (tertiary/aromatic N) is 2. The van der Waals surface area contributed by atoms with E-state index in [0.29, 0.717) is 0 Å². The summed E-state index contributed by atoms with van der Waals surface area (Å²) in [5.41, 5.74) is 1.63. The van der Waals surface area contributed by atoms with Crippen LogP contribution in [0.1, 0.15) is 49.4 Å². The molecule has 4 rings (SSSR count). The standard InChI is InChI=1S/C16H20N4O3S/c21-16-14(10-11-4-1-2-7-13(11)18-16)19-24(22,23)15-8-9-17-20(15)12-5-3-6-12/h8-10,12,19H,1-7H2,(H,18,21). The number of fused-ring (bicyclic) bond motifs is 1. The second kappa shape index (κ2) is 5.77. The minimum atomic E-state index is -3.84. The third-order valence-electron chi connectivity index (χ3n) is 4.91. The van der Waals surface area contributed by atoms with Gasteiger partial charge in [0.05, 0.1) is 12.2 Å². The summed E-state index contributed by atoms with van der Waals surface area (Å²) in [6.07, 6.45) is 8.25. The Balaban J connectivity index is 1.67. The van der Waals surface area contributed by atoms with Gasteiger partial charge in [-0.15, -0.1) is 0 Å². The van der Waals surface area contributed by atoms with Gasteiger partial charge in [-0.1, -0.05) is 0 Å². The molecule has 0 saturated heterocycles. The maximum absolute atomic E-state index is 12.7. The van der Waals surface area contributed by atoms with E-state index in [2.05, 4.69) is 14.8 Å². The molecule has 2 aliphatic carbocycles. The molecule has 0 atom stereocenters. The molecule has 2 aromatic rings. The van der Waals surface area contributed by atoms with E-state index in [-0.39, 0.29) is 16.8 Å². The Kier molecular flexibility index (Phi) is 3.71. The first-order chi connectivity index (χ1) is 11.5. The van der Waals surface area contributed by atoms with E-state index >= 15 is 0 Å². The highest BCUT2D eigenvalue weighted by Gasteiger charge is 2.28. The fraction of sp³-hybridized carbons (Fsp3) is 0.500. The van der Waals surface area contributed by atoms with Crippen molar-refractivity contribution in [3.05, 3.63) is 39.9 Å². The van der Waals surface area contributed by atoms with Gasteiger partial charge in [-0.3, -0.25) is 9.52 Å². The van der Waals surface area contributed by atoms with Crippen LogP contribution in [0.2, 0.25) is 0 Å². The van der Waals surface area contributed by atoms with Gasteiger partial charge in [0.1, 0.15) is 5.69 Å². The monoisotopic (exact) mass is 348 g/mol. The van der Waals surface area contributed by atoms with Gasteiger partial charge in [0, 0.05) is 5.69 Å². The molecule has 128 valence electrons. The van der Waals surface area contributed by atoms with E-state index in [1.54, 1.807) is 10.7 Å². The fourth-order valence-electron chi connectivity index (χ4n) is 3.37. The van der Waals surface area contributed by atoms with Crippen LogP contribution in [-0.2, 0) is 22.9 Å². The highest BCUT2D eigenvalue weighted by Crippen LogP contribution is 2.33. The van der Waals surface area contributed by atoms with E-state index in [9.17, 15) is 13.2 Å². The zero-order valence-corrected chi connectivity index (χ0v) is 14.1. The Hall–Kier alpha value is -2.09. The Bertz CT molecular complexity index is 925. The molecule has 2 heterocycles. The predicted octanol–water partition coefficient (Wildman–Crippen LogP) is 1.98. The molecule has 24 heavy (non-hydrogen) atoms. The lowest BCUT2D eigenvalue weighted by molar-refractivity contribution is 0.271. The minimum absolute atomic E-state index is 0.0806. The van der Waals surface area contributed by atoms with Gasteiger partial charge in [-0.25, -0.2) is 4.68 Å². The summed E-state index contributed by atoms with van der Waals surface area (Å²) in [6, 6.07) is 3.29. The topological polar surface area (TPSA) is 96.8 Å². The summed E-state index contributed by atoms with van der Waals surface area (Å²) >= 11 is 0. The number of hydrogen-bond acceptors (Lipinski definition) is 4. The number of aryl methyl sites for hydroxylation is 2. The second-order valence-corrected chi connectivity index (χ2v) is 8.16. The molecule has 7 nitrogen and oxygen atoms in total. The Labute approximate surface area is 140 Å². The molecule has 2 aromatic heterocycles. The minimum Gasteiger partial charge on any atom is -0.324 e. The molecule has 1 fully saturated rings. The molecule has 0 aliphatic heterocycles. The van der Waals surface area contributed by atoms with Gasteiger partial charge in [-0.2, -0.15) is 13.5 Å². The van der Waals surface area contributed by atoms with Crippen LogP contribution in [0.5, 0.6) is 0 Å². The van der Waals surface area contributed by atoms with E-state index in [1.165, 1.54) is 12.3 Å². The lowest BCUT2D eigenvalue weighted by atomic mass is 9.93. The molecular weight excluding hydrogens is 328 g/mol. The molecule has 0 spiro atoms. The van der Waals surface area contributed by atoms with Crippen molar-refractivity contribution >= 4 is 15.7 Å². The lowest BCUT2D eigenvalue weighted by Crippen LogP contribution is -2.27. The third-order valence-corrected chi connectivity index (χ3v) is 6.27. The maximum Gasteiger partial charge on any atom is 0.279 e. The Morgan fingerprint density at radius 1 is 1.21 bits per heavy atom. The lowest BCUT2D eigenvalue weighted by Gasteiger charge is -2.27. The van der Waals surface area contributed by atoms with Crippen LogP contribution in [0, 0.1) is 0 Å². The summed E-state index contributed by atoms with van der Waals surface area (Å²) < 4.78 is 29.5. The summed E-state index contributed by atoms with van der Waals surface area (Å²) in [7, 11) is -3.84. The molecule has 0 amide bonds. The van der Waals surface area contributed by atoms with Crippen molar-refractivity contribution in [1.29, 1.82) is 0 Å². The van der Waals surface area contributed by atoms with Gasteiger partial charge in [-0.05, 0) is 62.6 Å². The van der Waals surface area contributed by atoms with E-state index in [1.807, 2.05) is 0 Å². The number of sulfonamides is 1. The molecule has 0 unspecified atom stereocenters. The molecule has 0 radical (unpaired) electrons. The van der Waals surface area contributed by atoms with E-state index < -0.39 is 15.6 Å². The van der Waals surface area contributed by atoms with Crippen LogP contribution >= 0.6 is 0 Å². The number of hydrogen-bond donors (Lipinski definition) is 2. The predicted molar refractivity (Wildman–Crippen MR) is 89.6 cm³/mol. The maximum atomic E-state index is 12.7. The smallest absolute Gasteiger partial charge is 0.279 e. The van der Waals surface area contributed by atoms with Crippen molar-refractivity contribution in [2.24, 2.45) is 0 Å². The molecular formula is C16H20N4O3S. The quantitative estimate of drug-likeness (QED) is 0.883. The first kappa shape index (κ1) is 15.4. The van der Waals surface area contributed by atoms with E-state index in [0.717, 1.165) is 56.2 Å². The molecule has 2 aliphatic rings. The summed E-state index contributed by atoms with van der Waals surface area (Å²) in [4.78, 5) is 15.0. The average Bonchev–Trinajstić information content (AvgIpc) is 2.96. The summed E-state index contributed by atoms with van der Waals surface area (Å²) in [5, 5.41) is 4.27. The SMILES string of the molecule is O=c1[nH]c2c(cc1NS(=O)(=O)c1ccnn1C1CCC1)CCCC2. The average molecular weight is 348 g/mol. The van der Waals surface area contributed by atoms with Crippen molar-refractivity contribution in [2.45, 2.75) is 56.0 Å². The molecule has 1 saturated carbocycles. The molecule has 0 bridgehead atoms. The van der Waals surface area contributed by atoms with Crippen molar-refractivity contribution in [3.63, 3.8) is 0 Å². The van der Waals surface area contributed by atoms with Gasteiger partial charge in [0.15, 0.2) is 5.03 Å². The molecule has 2 N–H and O–H groups in total. The van der Waals surface area contributed by atoms with Crippen LogP contribution in [0.3, 0.4) is 0 Å². The van der Waals surface area contributed by atoms with Crippen LogP contribution in [-0.4, -0.2) is 23.2 Å². The van der Waals surface area contributed by atoms with Crippen LogP contribution in [0.15, 0.2) is 28.2 Å². The molecule has 8 heteroatoms. The number of nitrogens with one attached hydrogen (secondary N) is 2. The number of pyridine rings is 1. The van der Waals surface area contributed by atoms with Crippen molar-refractivity contribution in [2.75, 3.05) is 4.72 Å². The highest BCUT2D eigenvalue weighted by atomic mass is 32.2. The number of aromatic nitrogens is 3. The first-order valence-electron chi connectivity index (χ1n) is 8.36. The van der Waals surface area contributed by atoms with Crippen molar-refractivity contribution < 1.29 is 8.42 Å². The number of aromatic amines is 1. The zero-order valence-electron chi connectivity index (χ0n) is 13.3. The van der Waals surface area contributed by atoms with Gasteiger partial charge in [0.25, 0.3) is 15.6 Å². The van der Waals surface area contributed by atoms with E-state index in [4.69, 9.17) is 0 Å². The van der Waals surface area contributed by atoms with Crippen molar-refractivity contribution in [1.82, 2.24) is 14.8 Å². The summed E-state index contributed by atoms with van der Waals surface area (Å²) in [5.74, 6) is 0. The highest BCUT2D eigenvalue weighted by molar-refractivity contribution is 7.92. The molecule has 0 aromatic carbocycles. The van der Waals surface area contributed by atoms with Gasteiger partial charge in [0.2, 0.25) is 0 Å². The largest absolute Gasteiger partial charge is 0.324 e. The van der Waals surface area contributed by atoms with Crippen LogP contribution < -0.4 is 10.3 Å². The second-order valence-electron chi connectivity index (χ2n) is 6.53. The zero-order chi connectivity index (χ0) is 16.7.